The van der Waals surface area contributed by atoms with Crippen LogP contribution in [0.1, 0.15) is 74.7 Å². The number of ether oxygens (including phenoxy) is 1. The summed E-state index contributed by atoms with van der Waals surface area (Å²) in [6.07, 6.45) is 1.96. The van der Waals surface area contributed by atoms with Gasteiger partial charge in [0.25, 0.3) is 0 Å². The van der Waals surface area contributed by atoms with E-state index in [2.05, 4.69) is 19.2 Å². The van der Waals surface area contributed by atoms with Crippen molar-refractivity contribution in [3.8, 4) is 0 Å². The number of carbonyl (C=O) groups is 3. The highest BCUT2D eigenvalue weighted by molar-refractivity contribution is 5.76. The Balaban J connectivity index is 0. The van der Waals surface area contributed by atoms with E-state index < -0.39 is 0 Å². The van der Waals surface area contributed by atoms with Gasteiger partial charge in [0.15, 0.2) is 0 Å². The van der Waals surface area contributed by atoms with Gasteiger partial charge in [-0.15, -0.1) is 0 Å². The molecule has 7 heteroatoms. The predicted molar refractivity (Wildman–Crippen MR) is 128 cm³/mol. The first-order valence-electron chi connectivity index (χ1n) is 11.6. The number of hydrogen-bond donors (Lipinski definition) is 1. The lowest BCUT2D eigenvalue weighted by Crippen LogP contribution is -2.41. The maximum absolute atomic E-state index is 11.5. The number of amides is 3. The monoisotopic (exact) mass is 443 g/mol. The van der Waals surface area contributed by atoms with E-state index in [1.165, 1.54) is 0 Å². The van der Waals surface area contributed by atoms with Crippen molar-refractivity contribution in [1.82, 2.24) is 15.1 Å². The number of morpholine rings is 1. The zero-order chi connectivity index (χ0) is 24.6. The molecule has 1 aliphatic heterocycles. The second-order valence-corrected chi connectivity index (χ2v) is 9.80. The molecule has 0 spiro atoms. The molecule has 0 saturated carbocycles. The van der Waals surface area contributed by atoms with Crippen molar-refractivity contribution in [2.75, 3.05) is 40.4 Å². The van der Waals surface area contributed by atoms with E-state index in [-0.39, 0.29) is 23.8 Å². The Morgan fingerprint density at radius 2 is 1.26 bits per heavy atom. The Labute approximate surface area is 191 Å². The highest BCUT2D eigenvalue weighted by atomic mass is 16.5. The van der Waals surface area contributed by atoms with Gasteiger partial charge in [-0.2, -0.15) is 0 Å². The Morgan fingerprint density at radius 1 is 0.806 bits per heavy atom. The van der Waals surface area contributed by atoms with Crippen LogP contribution in [0.25, 0.3) is 0 Å². The summed E-state index contributed by atoms with van der Waals surface area (Å²) in [4.78, 5) is 36.8. The number of nitrogens with one attached hydrogen (secondary N) is 1. The van der Waals surface area contributed by atoms with E-state index >= 15 is 0 Å². The van der Waals surface area contributed by atoms with E-state index in [0.717, 1.165) is 13.1 Å². The minimum Gasteiger partial charge on any atom is -0.378 e. The van der Waals surface area contributed by atoms with Crippen molar-refractivity contribution in [2.24, 2.45) is 17.8 Å². The van der Waals surface area contributed by atoms with E-state index in [4.69, 9.17) is 4.74 Å². The number of carbonyl (C=O) groups excluding carboxylic acids is 3. The molecular formula is C24H49N3O4. The van der Waals surface area contributed by atoms with E-state index in [1.807, 2.05) is 46.4 Å². The van der Waals surface area contributed by atoms with Gasteiger partial charge < -0.3 is 19.9 Å². The molecule has 31 heavy (non-hydrogen) atoms. The Kier molecular flexibility index (Phi) is 18.3. The SMILES string of the molecule is CC(C)CC(=O)N(C)C.CC(C)CC(=O)N1CCOCC1.CC(C)CC(=O)NC(C)C. The molecule has 0 radical (unpaired) electrons. The van der Waals surface area contributed by atoms with Crippen LogP contribution < -0.4 is 5.32 Å². The summed E-state index contributed by atoms with van der Waals surface area (Å²) in [5.74, 6) is 2.03. The van der Waals surface area contributed by atoms with E-state index in [9.17, 15) is 14.4 Å². The summed E-state index contributed by atoms with van der Waals surface area (Å²) in [6.45, 7) is 19.2. The van der Waals surface area contributed by atoms with Gasteiger partial charge in [0, 0.05) is 52.5 Å². The lowest BCUT2D eigenvalue weighted by Gasteiger charge is -2.27. The molecule has 184 valence electrons. The van der Waals surface area contributed by atoms with Crippen molar-refractivity contribution in [3.63, 3.8) is 0 Å². The maximum Gasteiger partial charge on any atom is 0.222 e. The van der Waals surface area contributed by atoms with Crippen molar-refractivity contribution >= 4 is 17.7 Å². The quantitative estimate of drug-likeness (QED) is 0.652. The number of hydrogen-bond acceptors (Lipinski definition) is 4. The molecule has 7 nitrogen and oxygen atoms in total. The lowest BCUT2D eigenvalue weighted by atomic mass is 10.1. The lowest BCUT2D eigenvalue weighted by molar-refractivity contribution is -0.136. The smallest absolute Gasteiger partial charge is 0.222 e. The summed E-state index contributed by atoms with van der Waals surface area (Å²) in [5, 5.41) is 2.84. The maximum atomic E-state index is 11.5. The van der Waals surface area contributed by atoms with Crippen molar-refractivity contribution in [2.45, 2.75) is 80.7 Å². The largest absolute Gasteiger partial charge is 0.378 e. The standard InChI is InChI=1S/C9H17NO2.C8H17NO.C7H15NO/c1-8(2)7-9(11)10-3-5-12-6-4-10;1-6(2)5-8(10)9-7(3)4;1-6(2)5-7(9)8(3)4/h8H,3-7H2,1-2H3;6-7H,5H2,1-4H3,(H,9,10);6H,5H2,1-4H3. The molecule has 0 aromatic heterocycles. The van der Waals surface area contributed by atoms with Crippen LogP contribution >= 0.6 is 0 Å². The van der Waals surface area contributed by atoms with Gasteiger partial charge in [0.1, 0.15) is 0 Å². The van der Waals surface area contributed by atoms with Gasteiger partial charge >= 0.3 is 0 Å². The molecule has 0 aromatic rings. The molecule has 0 aliphatic carbocycles. The van der Waals surface area contributed by atoms with Crippen LogP contribution in [0.2, 0.25) is 0 Å². The zero-order valence-electron chi connectivity index (χ0n) is 21.8. The third-order valence-electron chi connectivity index (χ3n) is 4.07. The third kappa shape index (κ3) is 21.4. The molecular weight excluding hydrogens is 394 g/mol. The summed E-state index contributed by atoms with van der Waals surface area (Å²) in [7, 11) is 3.56. The molecule has 1 heterocycles. The van der Waals surface area contributed by atoms with Crippen LogP contribution in [0.3, 0.4) is 0 Å². The Morgan fingerprint density at radius 3 is 1.58 bits per heavy atom. The summed E-state index contributed by atoms with van der Waals surface area (Å²) >= 11 is 0. The fourth-order valence-corrected chi connectivity index (χ4v) is 2.57. The molecule has 0 bridgehead atoms. The number of rotatable bonds is 7. The fraction of sp³-hybridized carbons (Fsp3) is 0.875. The van der Waals surface area contributed by atoms with Crippen molar-refractivity contribution in [1.29, 1.82) is 0 Å². The highest BCUT2D eigenvalue weighted by Gasteiger charge is 2.17. The van der Waals surface area contributed by atoms with Gasteiger partial charge in [-0.25, -0.2) is 0 Å². The van der Waals surface area contributed by atoms with E-state index in [0.29, 0.717) is 50.2 Å². The molecule has 0 atom stereocenters. The van der Waals surface area contributed by atoms with Gasteiger partial charge in [-0.05, 0) is 31.6 Å². The zero-order valence-corrected chi connectivity index (χ0v) is 21.8. The first kappa shape index (κ1) is 31.6. The minimum atomic E-state index is 0.157. The third-order valence-corrected chi connectivity index (χ3v) is 4.07. The second-order valence-electron chi connectivity index (χ2n) is 9.80. The van der Waals surface area contributed by atoms with Gasteiger partial charge in [0.2, 0.25) is 17.7 Å². The van der Waals surface area contributed by atoms with Crippen LogP contribution in [-0.2, 0) is 19.1 Å². The van der Waals surface area contributed by atoms with Gasteiger partial charge in [-0.3, -0.25) is 14.4 Å². The van der Waals surface area contributed by atoms with Gasteiger partial charge in [0.05, 0.1) is 13.2 Å². The van der Waals surface area contributed by atoms with Gasteiger partial charge in [-0.1, -0.05) is 41.5 Å². The molecule has 0 unspecified atom stereocenters. The molecule has 3 amide bonds. The summed E-state index contributed by atoms with van der Waals surface area (Å²) in [5.41, 5.74) is 0. The first-order valence-corrected chi connectivity index (χ1v) is 11.6. The average molecular weight is 444 g/mol. The highest BCUT2D eigenvalue weighted by Crippen LogP contribution is 2.06. The fourth-order valence-electron chi connectivity index (χ4n) is 2.57. The normalized spacial score (nSPS) is 13.4. The Bertz CT molecular complexity index is 485. The molecule has 1 N–H and O–H groups in total. The molecule has 1 aliphatic rings. The first-order chi connectivity index (χ1) is 14.3. The Hall–Kier alpha value is -1.63. The van der Waals surface area contributed by atoms with Crippen LogP contribution in [0.5, 0.6) is 0 Å². The van der Waals surface area contributed by atoms with Crippen LogP contribution in [0, 0.1) is 17.8 Å². The molecule has 1 rings (SSSR count). The van der Waals surface area contributed by atoms with Crippen molar-refractivity contribution < 1.29 is 19.1 Å². The summed E-state index contributed by atoms with van der Waals surface area (Å²) in [6, 6.07) is 0.270. The van der Waals surface area contributed by atoms with Crippen molar-refractivity contribution in [3.05, 3.63) is 0 Å². The second kappa shape index (κ2) is 18.0. The molecule has 0 aromatic carbocycles. The van der Waals surface area contributed by atoms with Crippen LogP contribution in [-0.4, -0.2) is 74.0 Å². The topological polar surface area (TPSA) is 79.0 Å². The predicted octanol–water partition coefficient (Wildman–Crippen LogP) is 3.57. The number of nitrogens with zero attached hydrogens (tertiary/aromatic N) is 2. The average Bonchev–Trinajstić information content (AvgIpc) is 2.61. The van der Waals surface area contributed by atoms with E-state index in [1.54, 1.807) is 19.0 Å². The molecule has 1 saturated heterocycles. The molecule has 1 fully saturated rings. The minimum absolute atomic E-state index is 0.157. The van der Waals surface area contributed by atoms with Crippen LogP contribution in [0.4, 0.5) is 0 Å². The summed E-state index contributed by atoms with van der Waals surface area (Å²) < 4.78 is 5.16. The van der Waals surface area contributed by atoms with Crippen LogP contribution in [0.15, 0.2) is 0 Å².